The zero-order chi connectivity index (χ0) is 20.3. The molecule has 28 heavy (non-hydrogen) atoms. The van der Waals surface area contributed by atoms with E-state index in [-0.39, 0.29) is 12.1 Å². The van der Waals surface area contributed by atoms with Crippen LogP contribution in [0.1, 0.15) is 91.2 Å². The Hall–Kier alpha value is -1.62. The van der Waals surface area contributed by atoms with E-state index in [4.69, 9.17) is 9.72 Å². The smallest absolute Gasteiger partial charge is 0.416 e. The molecular weight excluding hydrogens is 350 g/mol. The molecule has 2 heterocycles. The van der Waals surface area contributed by atoms with Gasteiger partial charge in [0.25, 0.3) is 0 Å². The molecule has 0 radical (unpaired) electrons. The van der Waals surface area contributed by atoms with Gasteiger partial charge in [0.1, 0.15) is 11.4 Å². The fourth-order valence-electron chi connectivity index (χ4n) is 4.66. The third-order valence-electron chi connectivity index (χ3n) is 5.89. The summed E-state index contributed by atoms with van der Waals surface area (Å²) in [5, 5.41) is 0. The monoisotopic (exact) mass is 387 g/mol. The summed E-state index contributed by atoms with van der Waals surface area (Å²) in [7, 11) is 0. The predicted octanol–water partition coefficient (Wildman–Crippen LogP) is 5.70. The first-order valence-electron chi connectivity index (χ1n) is 11.0. The van der Waals surface area contributed by atoms with Gasteiger partial charge in [-0.2, -0.15) is 0 Å². The van der Waals surface area contributed by atoms with Crippen LogP contribution >= 0.6 is 0 Å². The van der Waals surface area contributed by atoms with Gasteiger partial charge in [0.05, 0.1) is 0 Å². The minimum Gasteiger partial charge on any atom is -0.443 e. The Labute approximate surface area is 170 Å². The molecule has 0 unspecified atom stereocenters. The quantitative estimate of drug-likeness (QED) is 0.665. The summed E-state index contributed by atoms with van der Waals surface area (Å²) in [6.07, 6.45) is 9.49. The number of amides is 1. The van der Waals surface area contributed by atoms with Crippen LogP contribution in [0, 0.1) is 0 Å². The van der Waals surface area contributed by atoms with Gasteiger partial charge in [0, 0.05) is 29.9 Å². The summed E-state index contributed by atoms with van der Waals surface area (Å²) < 4.78 is 5.82. The molecule has 2 fully saturated rings. The summed E-state index contributed by atoms with van der Waals surface area (Å²) in [5.74, 6) is 0.807. The van der Waals surface area contributed by atoms with Crippen molar-refractivity contribution in [1.29, 1.82) is 0 Å². The molecule has 5 nitrogen and oxygen atoms in total. The number of anilines is 1. The normalized spacial score (nSPS) is 21.9. The minimum absolute atomic E-state index is 0.180. The Morgan fingerprint density at radius 1 is 1.18 bits per heavy atom. The van der Waals surface area contributed by atoms with Gasteiger partial charge in [-0.1, -0.05) is 25.3 Å². The minimum atomic E-state index is -0.516. The molecule has 1 aromatic heterocycles. The maximum absolute atomic E-state index is 13.2. The second-order valence-electron chi connectivity index (χ2n) is 9.55. The molecule has 3 rings (SSSR count). The number of piperidine rings is 1. The van der Waals surface area contributed by atoms with E-state index in [2.05, 4.69) is 24.8 Å². The molecule has 1 saturated carbocycles. The van der Waals surface area contributed by atoms with Crippen LogP contribution in [0.3, 0.4) is 0 Å². The number of rotatable bonds is 4. The summed E-state index contributed by atoms with van der Waals surface area (Å²) in [5.41, 5.74) is 0.659. The molecule has 0 N–H and O–H groups in total. The maximum atomic E-state index is 13.2. The largest absolute Gasteiger partial charge is 0.443 e. The van der Waals surface area contributed by atoms with Gasteiger partial charge in [-0.05, 0) is 72.9 Å². The van der Waals surface area contributed by atoms with Crippen molar-refractivity contribution in [2.75, 3.05) is 11.4 Å². The Morgan fingerprint density at radius 2 is 1.86 bits per heavy atom. The molecule has 1 saturated heterocycles. The van der Waals surface area contributed by atoms with Crippen molar-refractivity contribution in [2.24, 2.45) is 0 Å². The highest BCUT2D eigenvalue weighted by atomic mass is 16.6. The average Bonchev–Trinajstić information content (AvgIpc) is 3.15. The van der Waals surface area contributed by atoms with Gasteiger partial charge in [0.15, 0.2) is 0 Å². The molecule has 1 amide bonds. The third kappa shape index (κ3) is 4.86. The second kappa shape index (κ2) is 8.81. The average molecular weight is 388 g/mol. The Morgan fingerprint density at radius 3 is 2.50 bits per heavy atom. The van der Waals surface area contributed by atoms with Crippen molar-refractivity contribution in [2.45, 2.75) is 103 Å². The lowest BCUT2D eigenvalue weighted by molar-refractivity contribution is 0.0562. The maximum Gasteiger partial charge on any atom is 0.416 e. The molecule has 0 aromatic carbocycles. The fourth-order valence-corrected chi connectivity index (χ4v) is 4.66. The second-order valence-corrected chi connectivity index (χ2v) is 9.55. The van der Waals surface area contributed by atoms with E-state index >= 15 is 0 Å². The van der Waals surface area contributed by atoms with Crippen molar-refractivity contribution in [3.8, 4) is 0 Å². The van der Waals surface area contributed by atoms with Crippen LogP contribution in [0.4, 0.5) is 10.6 Å². The van der Waals surface area contributed by atoms with E-state index in [1.165, 1.54) is 18.4 Å². The lowest BCUT2D eigenvalue weighted by Crippen LogP contribution is -2.45. The van der Waals surface area contributed by atoms with Crippen molar-refractivity contribution in [3.63, 3.8) is 0 Å². The highest BCUT2D eigenvalue weighted by Gasteiger charge is 2.36. The molecule has 1 aliphatic carbocycles. The number of carbonyl (C=O) groups is 1. The standard InChI is InChI=1S/C23H37N3O2/c1-17(2)25-16-9-8-14-20(25)19-13-10-15-24-21(19)26(18-11-6-7-12-18)22(27)28-23(3,4)5/h10,13,15,17-18,20H,6-9,11-12,14,16H2,1-5H3/t20-/m1/s1. The Kier molecular flexibility index (Phi) is 6.64. The first kappa shape index (κ1) is 21.1. The molecule has 5 heteroatoms. The zero-order valence-corrected chi connectivity index (χ0v) is 18.3. The van der Waals surface area contributed by atoms with Gasteiger partial charge >= 0.3 is 6.09 Å². The summed E-state index contributed by atoms with van der Waals surface area (Å²) in [4.78, 5) is 22.4. The van der Waals surface area contributed by atoms with Crippen LogP contribution < -0.4 is 4.90 Å². The lowest BCUT2D eigenvalue weighted by atomic mass is 9.93. The van der Waals surface area contributed by atoms with Crippen LogP contribution in [-0.2, 0) is 4.74 Å². The number of likely N-dealkylation sites (tertiary alicyclic amines) is 1. The van der Waals surface area contributed by atoms with E-state index in [9.17, 15) is 4.79 Å². The van der Waals surface area contributed by atoms with E-state index in [0.717, 1.165) is 44.5 Å². The van der Waals surface area contributed by atoms with E-state index in [1.54, 1.807) is 0 Å². The number of hydrogen-bond donors (Lipinski definition) is 0. The topological polar surface area (TPSA) is 45.7 Å². The van der Waals surface area contributed by atoms with Crippen LogP contribution in [0.25, 0.3) is 0 Å². The summed E-state index contributed by atoms with van der Waals surface area (Å²) >= 11 is 0. The molecule has 2 aliphatic rings. The van der Waals surface area contributed by atoms with Gasteiger partial charge in [-0.3, -0.25) is 9.80 Å². The molecule has 0 spiro atoms. The number of hydrogen-bond acceptors (Lipinski definition) is 4. The first-order valence-corrected chi connectivity index (χ1v) is 11.0. The van der Waals surface area contributed by atoms with Gasteiger partial charge < -0.3 is 4.74 Å². The zero-order valence-electron chi connectivity index (χ0n) is 18.3. The number of ether oxygens (including phenoxy) is 1. The van der Waals surface area contributed by atoms with Crippen molar-refractivity contribution < 1.29 is 9.53 Å². The Balaban J connectivity index is 1.99. The number of aromatic nitrogens is 1. The van der Waals surface area contributed by atoms with Crippen molar-refractivity contribution in [1.82, 2.24) is 9.88 Å². The van der Waals surface area contributed by atoms with Crippen LogP contribution in [-0.4, -0.2) is 40.2 Å². The van der Waals surface area contributed by atoms with Crippen LogP contribution in [0.2, 0.25) is 0 Å². The highest BCUT2D eigenvalue weighted by Crippen LogP contribution is 2.39. The van der Waals surface area contributed by atoms with Crippen LogP contribution in [0.5, 0.6) is 0 Å². The first-order chi connectivity index (χ1) is 13.3. The molecule has 1 atom stereocenters. The fraction of sp³-hybridized carbons (Fsp3) is 0.739. The van der Waals surface area contributed by atoms with Gasteiger partial charge in [-0.15, -0.1) is 0 Å². The number of carbonyl (C=O) groups excluding carboxylic acids is 1. The molecule has 1 aromatic rings. The van der Waals surface area contributed by atoms with Crippen LogP contribution in [0.15, 0.2) is 18.3 Å². The van der Waals surface area contributed by atoms with Gasteiger partial charge in [-0.25, -0.2) is 9.78 Å². The lowest BCUT2D eigenvalue weighted by Gasteiger charge is -2.41. The molecule has 156 valence electrons. The summed E-state index contributed by atoms with van der Waals surface area (Å²) in [6, 6.07) is 5.14. The molecule has 0 bridgehead atoms. The predicted molar refractivity (Wildman–Crippen MR) is 114 cm³/mol. The van der Waals surface area contributed by atoms with E-state index in [0.29, 0.717) is 12.1 Å². The van der Waals surface area contributed by atoms with Crippen molar-refractivity contribution in [3.05, 3.63) is 23.9 Å². The highest BCUT2D eigenvalue weighted by molar-refractivity contribution is 5.88. The summed E-state index contributed by atoms with van der Waals surface area (Å²) in [6.45, 7) is 11.4. The van der Waals surface area contributed by atoms with E-state index in [1.807, 2.05) is 37.9 Å². The SMILES string of the molecule is CC(C)N1CCCC[C@@H]1c1cccnc1N(C(=O)OC(C)(C)C)C1CCCC1. The number of pyridine rings is 1. The molecular formula is C23H37N3O2. The Bertz CT molecular complexity index is 662. The number of nitrogens with zero attached hydrogens (tertiary/aromatic N) is 3. The molecule has 1 aliphatic heterocycles. The van der Waals surface area contributed by atoms with Crippen molar-refractivity contribution >= 4 is 11.9 Å². The van der Waals surface area contributed by atoms with Gasteiger partial charge in [0.2, 0.25) is 0 Å². The third-order valence-corrected chi connectivity index (χ3v) is 5.89. The van der Waals surface area contributed by atoms with E-state index < -0.39 is 5.60 Å².